The van der Waals surface area contributed by atoms with Crippen molar-refractivity contribution in [2.75, 3.05) is 33.3 Å². The van der Waals surface area contributed by atoms with Crippen molar-refractivity contribution >= 4 is 0 Å². The third kappa shape index (κ3) is 4.73. The number of hydrogen-bond acceptors (Lipinski definition) is 3. The molecule has 112 valence electrons. The Morgan fingerprint density at radius 1 is 1.21 bits per heavy atom. The van der Waals surface area contributed by atoms with Gasteiger partial charge < -0.3 is 10.1 Å². The Morgan fingerprint density at radius 3 is 2.63 bits per heavy atom. The highest BCUT2D eigenvalue weighted by Crippen LogP contribution is 2.27. The first-order chi connectivity index (χ1) is 9.33. The van der Waals surface area contributed by atoms with Crippen molar-refractivity contribution < 1.29 is 4.74 Å². The van der Waals surface area contributed by atoms with Gasteiger partial charge in [-0.15, -0.1) is 0 Å². The molecule has 2 unspecified atom stereocenters. The first kappa shape index (κ1) is 15.3. The molecule has 1 heterocycles. The van der Waals surface area contributed by atoms with Gasteiger partial charge in [-0.3, -0.25) is 4.90 Å². The Kier molecular flexibility index (Phi) is 6.62. The maximum Gasteiger partial charge on any atom is 0.0710 e. The van der Waals surface area contributed by atoms with Crippen molar-refractivity contribution in [2.45, 2.75) is 64.0 Å². The Hall–Kier alpha value is -0.120. The smallest absolute Gasteiger partial charge is 0.0710 e. The summed E-state index contributed by atoms with van der Waals surface area (Å²) in [6.45, 7) is 7.01. The fourth-order valence-corrected chi connectivity index (χ4v) is 3.68. The first-order valence-electron chi connectivity index (χ1n) is 8.32. The lowest BCUT2D eigenvalue weighted by Crippen LogP contribution is -2.46. The van der Waals surface area contributed by atoms with Gasteiger partial charge in [-0.05, 0) is 38.1 Å². The molecule has 0 aromatic heterocycles. The minimum absolute atomic E-state index is 0.471. The summed E-state index contributed by atoms with van der Waals surface area (Å²) in [6, 6.07) is 0.704. The summed E-state index contributed by atoms with van der Waals surface area (Å²) < 4.78 is 5.49. The Morgan fingerprint density at radius 2 is 2.00 bits per heavy atom. The molecule has 2 aliphatic rings. The second kappa shape index (κ2) is 8.23. The number of nitrogens with zero attached hydrogens (tertiary/aromatic N) is 1. The lowest BCUT2D eigenvalue weighted by molar-refractivity contribution is 0.104. The molecular weight excluding hydrogens is 236 g/mol. The van der Waals surface area contributed by atoms with Crippen LogP contribution in [0, 0.1) is 5.92 Å². The van der Waals surface area contributed by atoms with Gasteiger partial charge in [-0.25, -0.2) is 0 Å². The van der Waals surface area contributed by atoms with Crippen LogP contribution in [0.25, 0.3) is 0 Å². The predicted octanol–water partition coefficient (Wildman–Crippen LogP) is 2.66. The van der Waals surface area contributed by atoms with Crippen LogP contribution in [-0.2, 0) is 4.74 Å². The van der Waals surface area contributed by atoms with Gasteiger partial charge in [0.2, 0.25) is 0 Å². The lowest BCUT2D eigenvalue weighted by Gasteiger charge is -2.34. The molecule has 1 aliphatic heterocycles. The van der Waals surface area contributed by atoms with Gasteiger partial charge in [0.25, 0.3) is 0 Å². The minimum Gasteiger partial charge on any atom is -0.380 e. The van der Waals surface area contributed by atoms with E-state index in [0.29, 0.717) is 12.1 Å². The molecular formula is C16H32N2O. The SMILES string of the molecule is CCCNC(CN1CCC(OC)C1)C1CCCCC1. The molecule has 2 rings (SSSR count). The van der Waals surface area contributed by atoms with Crippen LogP contribution in [-0.4, -0.2) is 50.3 Å². The molecule has 2 fully saturated rings. The van der Waals surface area contributed by atoms with Crippen molar-refractivity contribution in [3.8, 4) is 0 Å². The monoisotopic (exact) mass is 268 g/mol. The van der Waals surface area contributed by atoms with E-state index in [1.807, 2.05) is 7.11 Å². The van der Waals surface area contributed by atoms with E-state index in [-0.39, 0.29) is 0 Å². The molecule has 1 saturated heterocycles. The minimum atomic E-state index is 0.471. The third-order valence-electron chi connectivity index (χ3n) is 4.89. The van der Waals surface area contributed by atoms with Crippen LogP contribution in [0.5, 0.6) is 0 Å². The highest BCUT2D eigenvalue weighted by atomic mass is 16.5. The van der Waals surface area contributed by atoms with Gasteiger partial charge in [0.05, 0.1) is 6.10 Å². The van der Waals surface area contributed by atoms with Gasteiger partial charge in [-0.2, -0.15) is 0 Å². The van der Waals surface area contributed by atoms with Crippen LogP contribution in [0.4, 0.5) is 0 Å². The van der Waals surface area contributed by atoms with E-state index in [4.69, 9.17) is 4.74 Å². The topological polar surface area (TPSA) is 24.5 Å². The number of rotatable bonds is 7. The average Bonchev–Trinajstić information content (AvgIpc) is 2.92. The second-order valence-corrected chi connectivity index (χ2v) is 6.36. The van der Waals surface area contributed by atoms with Crippen LogP contribution in [0.15, 0.2) is 0 Å². The molecule has 0 amide bonds. The fourth-order valence-electron chi connectivity index (χ4n) is 3.68. The molecule has 19 heavy (non-hydrogen) atoms. The quantitative estimate of drug-likeness (QED) is 0.768. The molecule has 1 N–H and O–H groups in total. The standard InChI is InChI=1S/C16H32N2O/c1-3-10-17-16(14-7-5-4-6-8-14)13-18-11-9-15(12-18)19-2/h14-17H,3-13H2,1-2H3. The molecule has 3 heteroatoms. The molecule has 0 spiro atoms. The molecule has 0 radical (unpaired) electrons. The molecule has 1 aliphatic carbocycles. The van der Waals surface area contributed by atoms with Gasteiger partial charge in [0, 0.05) is 32.8 Å². The fraction of sp³-hybridized carbons (Fsp3) is 1.00. The van der Waals surface area contributed by atoms with E-state index in [0.717, 1.165) is 12.5 Å². The largest absolute Gasteiger partial charge is 0.380 e. The number of nitrogens with one attached hydrogen (secondary N) is 1. The zero-order chi connectivity index (χ0) is 13.5. The van der Waals surface area contributed by atoms with E-state index in [1.54, 1.807) is 0 Å². The number of methoxy groups -OCH3 is 1. The molecule has 0 aromatic rings. The normalized spacial score (nSPS) is 27.8. The lowest BCUT2D eigenvalue weighted by atomic mass is 9.83. The van der Waals surface area contributed by atoms with Crippen molar-refractivity contribution in [1.82, 2.24) is 10.2 Å². The molecule has 0 bridgehead atoms. The zero-order valence-electron chi connectivity index (χ0n) is 12.9. The van der Waals surface area contributed by atoms with E-state index in [9.17, 15) is 0 Å². The summed E-state index contributed by atoms with van der Waals surface area (Å²) in [5.41, 5.74) is 0. The van der Waals surface area contributed by atoms with Gasteiger partial charge in [0.1, 0.15) is 0 Å². The summed E-state index contributed by atoms with van der Waals surface area (Å²) in [4.78, 5) is 2.61. The highest BCUT2D eigenvalue weighted by molar-refractivity contribution is 4.85. The Bertz CT molecular complexity index is 241. The summed E-state index contributed by atoms with van der Waals surface area (Å²) >= 11 is 0. The van der Waals surface area contributed by atoms with Crippen LogP contribution < -0.4 is 5.32 Å². The summed E-state index contributed by atoms with van der Waals surface area (Å²) in [5.74, 6) is 0.905. The van der Waals surface area contributed by atoms with Gasteiger partial charge >= 0.3 is 0 Å². The van der Waals surface area contributed by atoms with Crippen molar-refractivity contribution in [3.05, 3.63) is 0 Å². The maximum atomic E-state index is 5.49. The number of likely N-dealkylation sites (tertiary alicyclic amines) is 1. The Balaban J connectivity index is 1.82. The van der Waals surface area contributed by atoms with Gasteiger partial charge in [0.15, 0.2) is 0 Å². The number of ether oxygens (including phenoxy) is 1. The molecule has 0 aromatic carbocycles. The van der Waals surface area contributed by atoms with Crippen molar-refractivity contribution in [1.29, 1.82) is 0 Å². The second-order valence-electron chi connectivity index (χ2n) is 6.36. The Labute approximate surface area is 119 Å². The van der Waals surface area contributed by atoms with E-state index >= 15 is 0 Å². The zero-order valence-corrected chi connectivity index (χ0v) is 12.9. The van der Waals surface area contributed by atoms with Crippen LogP contribution in [0.3, 0.4) is 0 Å². The molecule has 3 nitrogen and oxygen atoms in total. The predicted molar refractivity (Wildman–Crippen MR) is 80.5 cm³/mol. The summed E-state index contributed by atoms with van der Waals surface area (Å²) in [7, 11) is 1.85. The maximum absolute atomic E-state index is 5.49. The van der Waals surface area contributed by atoms with E-state index in [2.05, 4.69) is 17.1 Å². The van der Waals surface area contributed by atoms with E-state index in [1.165, 1.54) is 64.6 Å². The van der Waals surface area contributed by atoms with Crippen molar-refractivity contribution in [3.63, 3.8) is 0 Å². The molecule has 2 atom stereocenters. The first-order valence-corrected chi connectivity index (χ1v) is 8.32. The summed E-state index contributed by atoms with van der Waals surface area (Å²) in [5, 5.41) is 3.82. The average molecular weight is 268 g/mol. The highest BCUT2D eigenvalue weighted by Gasteiger charge is 2.28. The number of hydrogen-bond donors (Lipinski definition) is 1. The molecule has 1 saturated carbocycles. The third-order valence-corrected chi connectivity index (χ3v) is 4.89. The van der Waals surface area contributed by atoms with E-state index < -0.39 is 0 Å². The van der Waals surface area contributed by atoms with Crippen molar-refractivity contribution in [2.24, 2.45) is 5.92 Å². The van der Waals surface area contributed by atoms with Crippen LogP contribution >= 0.6 is 0 Å². The van der Waals surface area contributed by atoms with Crippen LogP contribution in [0.1, 0.15) is 51.9 Å². The van der Waals surface area contributed by atoms with Crippen LogP contribution in [0.2, 0.25) is 0 Å². The summed E-state index contributed by atoms with van der Waals surface area (Å²) in [6.07, 6.45) is 10.1. The van der Waals surface area contributed by atoms with Gasteiger partial charge in [-0.1, -0.05) is 26.2 Å².